The molecule has 1 heterocycles. The molecule has 2 aromatic carbocycles. The van der Waals surface area contributed by atoms with Crippen molar-refractivity contribution in [1.29, 1.82) is 0 Å². The minimum atomic E-state index is -4.46. The van der Waals surface area contributed by atoms with Crippen molar-refractivity contribution < 1.29 is 35.9 Å². The number of benzene rings is 2. The van der Waals surface area contributed by atoms with Gasteiger partial charge in [-0.2, -0.15) is 26.3 Å². The van der Waals surface area contributed by atoms with Gasteiger partial charge in [0.25, 0.3) is 0 Å². The first kappa shape index (κ1) is 29.0. The largest absolute Gasteiger partial charge is 0.469 e. The summed E-state index contributed by atoms with van der Waals surface area (Å²) in [6, 6.07) is 9.67. The lowest BCUT2D eigenvalue weighted by Crippen LogP contribution is -2.40. The van der Waals surface area contributed by atoms with E-state index in [-0.39, 0.29) is 30.4 Å². The van der Waals surface area contributed by atoms with E-state index >= 15 is 0 Å². The number of carbonyl (C=O) groups is 1. The summed E-state index contributed by atoms with van der Waals surface area (Å²) < 4.78 is 83.9. The molecule has 204 valence electrons. The molecule has 0 N–H and O–H groups in total. The second-order valence-corrected chi connectivity index (χ2v) is 10.2. The second kappa shape index (κ2) is 11.9. The summed E-state index contributed by atoms with van der Waals surface area (Å²) in [5, 5.41) is 0. The van der Waals surface area contributed by atoms with Crippen LogP contribution in [0.1, 0.15) is 80.3 Å². The third kappa shape index (κ3) is 7.72. The molecule has 0 bridgehead atoms. The monoisotopic (exact) mass is 529 g/mol. The number of methoxy groups -OCH3 is 1. The fourth-order valence-electron chi connectivity index (χ4n) is 5.07. The highest BCUT2D eigenvalue weighted by Crippen LogP contribution is 2.44. The maximum Gasteiger partial charge on any atom is 0.416 e. The maximum absolute atomic E-state index is 13.2. The summed E-state index contributed by atoms with van der Waals surface area (Å²) in [4.78, 5) is 14.1. The fraction of sp³-hybridized carbons (Fsp3) is 0.536. The van der Waals surface area contributed by atoms with Gasteiger partial charge in [-0.05, 0) is 79.5 Å². The molecule has 3 atom stereocenters. The number of ether oxygens (including phenoxy) is 1. The van der Waals surface area contributed by atoms with Crippen LogP contribution in [0.25, 0.3) is 0 Å². The minimum Gasteiger partial charge on any atom is -0.469 e. The van der Waals surface area contributed by atoms with Crippen LogP contribution in [0.4, 0.5) is 26.3 Å². The number of piperidine rings is 1. The summed E-state index contributed by atoms with van der Waals surface area (Å²) in [5.41, 5.74) is -0.0558. The first-order valence-electron chi connectivity index (χ1n) is 12.5. The summed E-state index contributed by atoms with van der Waals surface area (Å²) in [5.74, 6) is -0.00334. The molecule has 1 aliphatic rings. The highest BCUT2D eigenvalue weighted by Gasteiger charge is 2.37. The number of alkyl halides is 6. The van der Waals surface area contributed by atoms with E-state index < -0.39 is 23.5 Å². The first-order chi connectivity index (χ1) is 17.3. The summed E-state index contributed by atoms with van der Waals surface area (Å²) >= 11 is 0. The molecule has 2 aromatic rings. The SMILES string of the molecule is COC(=O)C[C@H]1CCN([C@H](CCC(C)C)c2ccc(C(F)(F)F)cc2)[C@H](c2ccc(C(F)(F)F)cc2)C1. The van der Waals surface area contributed by atoms with E-state index in [0.29, 0.717) is 37.3 Å². The number of nitrogens with zero attached hydrogens (tertiary/aromatic N) is 1. The van der Waals surface area contributed by atoms with Crippen molar-refractivity contribution in [3.05, 3.63) is 70.8 Å². The first-order valence-corrected chi connectivity index (χ1v) is 12.5. The predicted octanol–water partition coefficient (Wildman–Crippen LogP) is 8.22. The van der Waals surface area contributed by atoms with E-state index in [1.807, 2.05) is 0 Å². The molecule has 3 rings (SSSR count). The molecule has 0 radical (unpaired) electrons. The smallest absolute Gasteiger partial charge is 0.416 e. The average molecular weight is 530 g/mol. The van der Waals surface area contributed by atoms with E-state index in [0.717, 1.165) is 36.2 Å². The van der Waals surface area contributed by atoms with Crippen molar-refractivity contribution in [2.24, 2.45) is 11.8 Å². The minimum absolute atomic E-state index is 0.0191. The van der Waals surface area contributed by atoms with Gasteiger partial charge in [0.15, 0.2) is 0 Å². The molecule has 0 unspecified atom stereocenters. The van der Waals surface area contributed by atoms with E-state index in [1.54, 1.807) is 0 Å². The Labute approximate surface area is 213 Å². The molecule has 1 saturated heterocycles. The Kier molecular flexibility index (Phi) is 9.32. The molecule has 37 heavy (non-hydrogen) atoms. The molecule has 0 aromatic heterocycles. The van der Waals surface area contributed by atoms with E-state index in [4.69, 9.17) is 4.74 Å². The normalized spacial score (nSPS) is 20.2. The lowest BCUT2D eigenvalue weighted by molar-refractivity contribution is -0.142. The Hall–Kier alpha value is -2.55. The molecular weight excluding hydrogens is 496 g/mol. The Morgan fingerprint density at radius 1 is 0.919 bits per heavy atom. The standard InChI is InChI=1S/C28H33F6NO2/c1-18(2)4-13-24(20-5-9-22(10-6-20)27(29,30)31)35-15-14-19(17-26(36)37-3)16-25(35)21-7-11-23(12-8-21)28(32,33)34/h5-12,18-19,24-25H,4,13-17H2,1-3H3/t19-,24+,25-/m0/s1. The molecule has 9 heteroatoms. The van der Waals surface area contributed by atoms with Crippen molar-refractivity contribution >= 4 is 5.97 Å². The van der Waals surface area contributed by atoms with Gasteiger partial charge in [-0.15, -0.1) is 0 Å². The van der Waals surface area contributed by atoms with Gasteiger partial charge < -0.3 is 4.74 Å². The Morgan fingerprint density at radius 2 is 1.46 bits per heavy atom. The lowest BCUT2D eigenvalue weighted by Gasteiger charge is -2.44. The van der Waals surface area contributed by atoms with Crippen molar-refractivity contribution in [3.8, 4) is 0 Å². The molecular formula is C28H33F6NO2. The molecule has 0 amide bonds. The van der Waals surface area contributed by atoms with E-state index in [2.05, 4.69) is 18.7 Å². The van der Waals surface area contributed by atoms with Crippen LogP contribution >= 0.6 is 0 Å². The lowest BCUT2D eigenvalue weighted by atomic mass is 9.82. The van der Waals surface area contributed by atoms with Gasteiger partial charge in [-0.3, -0.25) is 9.69 Å². The zero-order chi connectivity index (χ0) is 27.4. The van der Waals surface area contributed by atoms with Crippen molar-refractivity contribution in [1.82, 2.24) is 4.90 Å². The number of hydrogen-bond acceptors (Lipinski definition) is 3. The van der Waals surface area contributed by atoms with Gasteiger partial charge >= 0.3 is 18.3 Å². The molecule has 1 fully saturated rings. The van der Waals surface area contributed by atoms with Gasteiger partial charge in [0.2, 0.25) is 0 Å². The van der Waals surface area contributed by atoms with Crippen molar-refractivity contribution in [3.63, 3.8) is 0 Å². The average Bonchev–Trinajstić information content (AvgIpc) is 2.84. The zero-order valence-corrected chi connectivity index (χ0v) is 21.2. The van der Waals surface area contributed by atoms with Gasteiger partial charge in [-0.25, -0.2) is 0 Å². The van der Waals surface area contributed by atoms with Gasteiger partial charge in [-0.1, -0.05) is 38.1 Å². The van der Waals surface area contributed by atoms with E-state index in [9.17, 15) is 31.1 Å². The summed E-state index contributed by atoms with van der Waals surface area (Å²) in [6.45, 7) is 4.69. The maximum atomic E-state index is 13.2. The van der Waals surface area contributed by atoms with Crippen LogP contribution in [-0.4, -0.2) is 24.5 Å². The topological polar surface area (TPSA) is 29.5 Å². The molecule has 1 aliphatic heterocycles. The van der Waals surface area contributed by atoms with Crippen molar-refractivity contribution in [2.45, 2.75) is 70.4 Å². The van der Waals surface area contributed by atoms with Crippen LogP contribution in [0.2, 0.25) is 0 Å². The van der Waals surface area contributed by atoms with Crippen molar-refractivity contribution in [2.75, 3.05) is 13.7 Å². The Morgan fingerprint density at radius 3 is 1.95 bits per heavy atom. The van der Waals surface area contributed by atoms with Crippen LogP contribution in [0.15, 0.2) is 48.5 Å². The van der Waals surface area contributed by atoms with Crippen LogP contribution in [0, 0.1) is 11.8 Å². The third-order valence-corrected chi connectivity index (χ3v) is 7.10. The summed E-state index contributed by atoms with van der Waals surface area (Å²) in [7, 11) is 1.32. The number of hydrogen-bond donors (Lipinski definition) is 0. The number of esters is 1. The van der Waals surface area contributed by atoms with Gasteiger partial charge in [0.1, 0.15) is 0 Å². The van der Waals surface area contributed by atoms with Crippen LogP contribution < -0.4 is 0 Å². The molecule has 0 aliphatic carbocycles. The second-order valence-electron chi connectivity index (χ2n) is 10.2. The Balaban J connectivity index is 1.99. The quantitative estimate of drug-likeness (QED) is 0.255. The number of likely N-dealkylation sites (tertiary alicyclic amines) is 1. The van der Waals surface area contributed by atoms with Gasteiger partial charge in [0, 0.05) is 18.5 Å². The highest BCUT2D eigenvalue weighted by atomic mass is 19.4. The third-order valence-electron chi connectivity index (χ3n) is 7.10. The molecule has 0 saturated carbocycles. The van der Waals surface area contributed by atoms with Crippen LogP contribution in [-0.2, 0) is 21.9 Å². The molecule has 3 nitrogen and oxygen atoms in total. The molecule has 0 spiro atoms. The summed E-state index contributed by atoms with van der Waals surface area (Å²) in [6.07, 6.45) is -5.99. The number of carbonyl (C=O) groups excluding carboxylic acids is 1. The fourth-order valence-corrected chi connectivity index (χ4v) is 5.07. The highest BCUT2D eigenvalue weighted by molar-refractivity contribution is 5.69. The van der Waals surface area contributed by atoms with Crippen LogP contribution in [0.3, 0.4) is 0 Å². The number of halogens is 6. The van der Waals surface area contributed by atoms with Gasteiger partial charge in [0.05, 0.1) is 18.2 Å². The van der Waals surface area contributed by atoms with E-state index in [1.165, 1.54) is 31.4 Å². The van der Waals surface area contributed by atoms with Crippen LogP contribution in [0.5, 0.6) is 0 Å². The Bertz CT molecular complexity index is 1010. The predicted molar refractivity (Wildman–Crippen MR) is 129 cm³/mol. The number of rotatable bonds is 8. The zero-order valence-electron chi connectivity index (χ0n) is 21.2.